The minimum absolute atomic E-state index is 0.855. The third-order valence-electron chi connectivity index (χ3n) is 1.87. The topological polar surface area (TPSA) is 24.9 Å². The Hall–Kier alpha value is -0.230. The van der Waals surface area contributed by atoms with E-state index in [1.54, 1.807) is 22.7 Å². The van der Waals surface area contributed by atoms with Gasteiger partial charge in [0.05, 0.1) is 3.79 Å². The number of nitrogens with zero attached hydrogens (tertiary/aromatic N) is 1. The Labute approximate surface area is 106 Å². The molecule has 0 aliphatic heterocycles. The van der Waals surface area contributed by atoms with Gasteiger partial charge in [0.1, 0.15) is 5.01 Å². The highest BCUT2D eigenvalue weighted by Gasteiger charge is 2.00. The number of halogens is 1. The smallest absolute Gasteiger partial charge is 0.107 e. The Bertz CT molecular complexity index is 396. The van der Waals surface area contributed by atoms with Crippen molar-refractivity contribution in [1.29, 1.82) is 0 Å². The van der Waals surface area contributed by atoms with Gasteiger partial charge in [0.15, 0.2) is 0 Å². The molecule has 0 fully saturated rings. The van der Waals surface area contributed by atoms with E-state index in [1.165, 1.54) is 13.5 Å². The molecule has 2 nitrogen and oxygen atoms in total. The Morgan fingerprint density at radius 3 is 2.80 bits per heavy atom. The van der Waals surface area contributed by atoms with Gasteiger partial charge in [-0.1, -0.05) is 0 Å². The molecule has 2 aromatic heterocycles. The van der Waals surface area contributed by atoms with Crippen LogP contribution in [0.2, 0.25) is 0 Å². The zero-order valence-corrected chi connectivity index (χ0v) is 11.5. The molecule has 0 spiro atoms. The molecule has 2 rings (SSSR count). The molecule has 0 saturated heterocycles. The van der Waals surface area contributed by atoms with Crippen molar-refractivity contribution in [3.05, 3.63) is 36.9 Å². The van der Waals surface area contributed by atoms with Gasteiger partial charge < -0.3 is 5.32 Å². The second-order valence-electron chi connectivity index (χ2n) is 3.17. The molecule has 5 heteroatoms. The molecule has 0 radical (unpaired) electrons. The van der Waals surface area contributed by atoms with Gasteiger partial charge in [-0.05, 0) is 35.0 Å². The van der Waals surface area contributed by atoms with Crippen molar-refractivity contribution < 1.29 is 0 Å². The normalized spacial score (nSPS) is 10.8. The molecule has 2 aromatic rings. The molecule has 0 amide bonds. The Kier molecular flexibility index (Phi) is 3.91. The first-order valence-electron chi connectivity index (χ1n) is 4.60. The van der Waals surface area contributed by atoms with Crippen LogP contribution in [0.5, 0.6) is 0 Å². The van der Waals surface area contributed by atoms with Crippen LogP contribution in [0.1, 0.15) is 14.8 Å². The number of nitrogens with one attached hydrogen (secondary N) is 1. The van der Waals surface area contributed by atoms with Crippen LogP contribution in [0.3, 0.4) is 0 Å². The fourth-order valence-electron chi connectivity index (χ4n) is 1.22. The number of aryl methyl sites for hydroxylation is 1. The molecule has 80 valence electrons. The molecule has 0 saturated carbocycles. The number of thiazole rings is 1. The summed E-state index contributed by atoms with van der Waals surface area (Å²) in [4.78, 5) is 6.91. The standard InChI is InChI=1S/C10H11BrN2S2/c1-7-4-13-10(14-7)6-12-5-8-2-3-9(11)15-8/h2-4,12H,5-6H2,1H3. The van der Waals surface area contributed by atoms with Crippen molar-refractivity contribution in [3.8, 4) is 0 Å². The lowest BCUT2D eigenvalue weighted by Crippen LogP contribution is -2.11. The number of thiophene rings is 1. The van der Waals surface area contributed by atoms with E-state index in [1.807, 2.05) is 6.20 Å². The lowest BCUT2D eigenvalue weighted by atomic mass is 10.4. The lowest BCUT2D eigenvalue weighted by Gasteiger charge is -1.98. The fourth-order valence-corrected chi connectivity index (χ4v) is 3.43. The fraction of sp³-hybridized carbons (Fsp3) is 0.300. The summed E-state index contributed by atoms with van der Waals surface area (Å²) in [6, 6.07) is 4.21. The van der Waals surface area contributed by atoms with Crippen LogP contribution in [0.4, 0.5) is 0 Å². The maximum absolute atomic E-state index is 4.30. The van der Waals surface area contributed by atoms with E-state index in [-0.39, 0.29) is 0 Å². The van der Waals surface area contributed by atoms with Gasteiger partial charge in [0.25, 0.3) is 0 Å². The van der Waals surface area contributed by atoms with Crippen LogP contribution >= 0.6 is 38.6 Å². The summed E-state index contributed by atoms with van der Waals surface area (Å²) in [5.74, 6) is 0. The SMILES string of the molecule is Cc1cnc(CNCc2ccc(Br)s2)s1. The summed E-state index contributed by atoms with van der Waals surface area (Å²) in [5.41, 5.74) is 0. The summed E-state index contributed by atoms with van der Waals surface area (Å²) in [6.45, 7) is 3.85. The monoisotopic (exact) mass is 302 g/mol. The summed E-state index contributed by atoms with van der Waals surface area (Å²) in [6.07, 6.45) is 1.92. The average Bonchev–Trinajstić information content (AvgIpc) is 2.76. The van der Waals surface area contributed by atoms with Crippen molar-refractivity contribution in [2.75, 3.05) is 0 Å². The highest BCUT2D eigenvalue weighted by molar-refractivity contribution is 9.11. The van der Waals surface area contributed by atoms with Crippen LogP contribution in [0.25, 0.3) is 0 Å². The van der Waals surface area contributed by atoms with Crippen LogP contribution in [0.15, 0.2) is 22.1 Å². The van der Waals surface area contributed by atoms with Gasteiger partial charge in [0.2, 0.25) is 0 Å². The van der Waals surface area contributed by atoms with Gasteiger partial charge in [-0.3, -0.25) is 0 Å². The third-order valence-corrected chi connectivity index (χ3v) is 4.41. The van der Waals surface area contributed by atoms with Crippen LogP contribution < -0.4 is 5.32 Å². The number of rotatable bonds is 4. The molecule has 0 bridgehead atoms. The first-order valence-corrected chi connectivity index (χ1v) is 7.03. The van der Waals surface area contributed by atoms with E-state index in [2.05, 4.69) is 45.3 Å². The Morgan fingerprint density at radius 2 is 2.20 bits per heavy atom. The minimum Gasteiger partial charge on any atom is -0.306 e. The molecule has 2 heterocycles. The molecule has 0 unspecified atom stereocenters. The lowest BCUT2D eigenvalue weighted by molar-refractivity contribution is 0.697. The third kappa shape index (κ3) is 3.38. The summed E-state index contributed by atoms with van der Waals surface area (Å²) >= 11 is 6.97. The van der Waals surface area contributed by atoms with Crippen molar-refractivity contribution in [3.63, 3.8) is 0 Å². The first-order chi connectivity index (χ1) is 7.24. The van der Waals surface area contributed by atoms with Crippen LogP contribution in [0, 0.1) is 6.92 Å². The van der Waals surface area contributed by atoms with Crippen molar-refractivity contribution in [1.82, 2.24) is 10.3 Å². The Morgan fingerprint density at radius 1 is 1.33 bits per heavy atom. The van der Waals surface area contributed by atoms with E-state index in [0.29, 0.717) is 0 Å². The van der Waals surface area contributed by atoms with Gasteiger partial charge in [-0.25, -0.2) is 4.98 Å². The van der Waals surface area contributed by atoms with Crippen LogP contribution in [-0.2, 0) is 13.1 Å². The predicted octanol–water partition coefficient (Wildman–Crippen LogP) is 3.57. The van der Waals surface area contributed by atoms with Crippen LogP contribution in [-0.4, -0.2) is 4.98 Å². The van der Waals surface area contributed by atoms with E-state index in [4.69, 9.17) is 0 Å². The first kappa shape index (κ1) is 11.3. The molecule has 0 atom stereocenters. The van der Waals surface area contributed by atoms with E-state index >= 15 is 0 Å². The molecule has 0 aliphatic carbocycles. The quantitative estimate of drug-likeness (QED) is 0.934. The van der Waals surface area contributed by atoms with Gasteiger partial charge in [-0.15, -0.1) is 22.7 Å². The zero-order chi connectivity index (χ0) is 10.7. The van der Waals surface area contributed by atoms with Crippen molar-refractivity contribution in [2.45, 2.75) is 20.0 Å². The molecular weight excluding hydrogens is 292 g/mol. The van der Waals surface area contributed by atoms with Gasteiger partial charge >= 0.3 is 0 Å². The summed E-state index contributed by atoms with van der Waals surface area (Å²) in [5, 5.41) is 4.54. The van der Waals surface area contributed by atoms with E-state index in [0.717, 1.165) is 18.1 Å². The van der Waals surface area contributed by atoms with E-state index < -0.39 is 0 Å². The second kappa shape index (κ2) is 5.21. The molecule has 0 aromatic carbocycles. The summed E-state index contributed by atoms with van der Waals surface area (Å²) < 4.78 is 1.18. The Balaban J connectivity index is 1.80. The second-order valence-corrected chi connectivity index (χ2v) is 7.04. The number of hydrogen-bond donors (Lipinski definition) is 1. The average molecular weight is 303 g/mol. The van der Waals surface area contributed by atoms with Crippen molar-refractivity contribution in [2.24, 2.45) is 0 Å². The number of aromatic nitrogens is 1. The van der Waals surface area contributed by atoms with E-state index in [9.17, 15) is 0 Å². The summed E-state index contributed by atoms with van der Waals surface area (Å²) in [7, 11) is 0. The largest absolute Gasteiger partial charge is 0.306 e. The molecular formula is C10H11BrN2S2. The maximum atomic E-state index is 4.30. The molecule has 15 heavy (non-hydrogen) atoms. The molecule has 1 N–H and O–H groups in total. The highest BCUT2D eigenvalue weighted by atomic mass is 79.9. The molecule has 0 aliphatic rings. The zero-order valence-electron chi connectivity index (χ0n) is 8.29. The minimum atomic E-state index is 0.855. The van der Waals surface area contributed by atoms with Gasteiger partial charge in [0, 0.05) is 29.0 Å². The van der Waals surface area contributed by atoms with Crippen molar-refractivity contribution >= 4 is 38.6 Å². The predicted molar refractivity (Wildman–Crippen MR) is 69.4 cm³/mol. The number of hydrogen-bond acceptors (Lipinski definition) is 4. The maximum Gasteiger partial charge on any atom is 0.107 e. The van der Waals surface area contributed by atoms with Gasteiger partial charge in [-0.2, -0.15) is 0 Å². The highest BCUT2D eigenvalue weighted by Crippen LogP contribution is 2.21.